The average Bonchev–Trinajstić information content (AvgIpc) is 2.41. The van der Waals surface area contributed by atoms with E-state index in [2.05, 4.69) is 11.9 Å². The number of rotatable bonds is 4. The van der Waals surface area contributed by atoms with Crippen molar-refractivity contribution in [3.05, 3.63) is 42.2 Å². The first kappa shape index (κ1) is 12.2. The Bertz CT molecular complexity index is 541. The van der Waals surface area contributed by atoms with Crippen molar-refractivity contribution >= 4 is 5.69 Å². The molecular formula is C14H16N2O2. The molecule has 0 aliphatic carbocycles. The molecule has 2 N–H and O–H groups in total. The van der Waals surface area contributed by atoms with E-state index in [-0.39, 0.29) is 0 Å². The standard InChI is InChI=1S/C14H16N2O2/c1-3-10-4-5-13(14(8-10)17-2)18-12-6-7-16-9-11(12)15/h4-9H,3,15H2,1-2H3. The van der Waals surface area contributed by atoms with Crippen LogP contribution in [0.1, 0.15) is 12.5 Å². The number of anilines is 1. The lowest BCUT2D eigenvalue weighted by atomic mass is 10.1. The van der Waals surface area contributed by atoms with E-state index in [0.717, 1.165) is 6.42 Å². The number of nitrogen functional groups attached to an aromatic ring is 1. The summed E-state index contributed by atoms with van der Waals surface area (Å²) in [5.74, 6) is 1.92. The molecule has 4 nitrogen and oxygen atoms in total. The van der Waals surface area contributed by atoms with Crippen LogP contribution in [0.15, 0.2) is 36.7 Å². The number of ether oxygens (including phenoxy) is 2. The van der Waals surface area contributed by atoms with Crippen molar-refractivity contribution in [1.29, 1.82) is 0 Å². The van der Waals surface area contributed by atoms with Gasteiger partial charge in [0.25, 0.3) is 0 Å². The normalized spacial score (nSPS) is 10.1. The molecule has 0 spiro atoms. The van der Waals surface area contributed by atoms with E-state index in [1.54, 1.807) is 25.6 Å². The molecule has 2 aromatic rings. The number of pyridine rings is 1. The van der Waals surface area contributed by atoms with Gasteiger partial charge in [0.05, 0.1) is 19.0 Å². The van der Waals surface area contributed by atoms with E-state index in [4.69, 9.17) is 15.2 Å². The molecular weight excluding hydrogens is 228 g/mol. The first-order chi connectivity index (χ1) is 8.74. The van der Waals surface area contributed by atoms with Gasteiger partial charge in [-0.1, -0.05) is 13.0 Å². The van der Waals surface area contributed by atoms with Gasteiger partial charge < -0.3 is 15.2 Å². The highest BCUT2D eigenvalue weighted by molar-refractivity contribution is 5.53. The van der Waals surface area contributed by atoms with Crippen LogP contribution in [-0.4, -0.2) is 12.1 Å². The van der Waals surface area contributed by atoms with Crippen LogP contribution in [-0.2, 0) is 6.42 Å². The fourth-order valence-electron chi connectivity index (χ4n) is 1.62. The van der Waals surface area contributed by atoms with Crippen molar-refractivity contribution in [2.24, 2.45) is 0 Å². The minimum absolute atomic E-state index is 0.499. The molecule has 0 atom stereocenters. The summed E-state index contributed by atoms with van der Waals surface area (Å²) in [6, 6.07) is 7.59. The molecule has 1 aromatic carbocycles. The van der Waals surface area contributed by atoms with Gasteiger partial charge in [-0.15, -0.1) is 0 Å². The molecule has 0 aliphatic rings. The van der Waals surface area contributed by atoms with Gasteiger partial charge in [0, 0.05) is 12.3 Å². The third-order valence-corrected chi connectivity index (χ3v) is 2.67. The van der Waals surface area contributed by atoms with Crippen LogP contribution in [0.2, 0.25) is 0 Å². The molecule has 0 saturated heterocycles. The molecule has 1 heterocycles. The highest BCUT2D eigenvalue weighted by atomic mass is 16.5. The molecule has 0 fully saturated rings. The van der Waals surface area contributed by atoms with Crippen LogP contribution in [0.3, 0.4) is 0 Å². The van der Waals surface area contributed by atoms with Crippen molar-refractivity contribution in [2.75, 3.05) is 12.8 Å². The Morgan fingerprint density at radius 3 is 2.67 bits per heavy atom. The van der Waals surface area contributed by atoms with Gasteiger partial charge in [0.15, 0.2) is 17.2 Å². The molecule has 0 radical (unpaired) electrons. The minimum atomic E-state index is 0.499. The Labute approximate surface area is 106 Å². The van der Waals surface area contributed by atoms with Crippen molar-refractivity contribution in [3.8, 4) is 17.2 Å². The lowest BCUT2D eigenvalue weighted by Gasteiger charge is -2.12. The van der Waals surface area contributed by atoms with Gasteiger partial charge in [-0.05, 0) is 24.1 Å². The number of benzene rings is 1. The number of aromatic nitrogens is 1. The summed E-state index contributed by atoms with van der Waals surface area (Å²) in [7, 11) is 1.62. The second kappa shape index (κ2) is 5.40. The highest BCUT2D eigenvalue weighted by Gasteiger charge is 2.08. The first-order valence-corrected chi connectivity index (χ1v) is 5.79. The van der Waals surface area contributed by atoms with Gasteiger partial charge in [0.2, 0.25) is 0 Å². The summed E-state index contributed by atoms with van der Waals surface area (Å²) < 4.78 is 11.1. The van der Waals surface area contributed by atoms with E-state index in [9.17, 15) is 0 Å². The zero-order valence-corrected chi connectivity index (χ0v) is 10.5. The summed E-state index contributed by atoms with van der Waals surface area (Å²) in [6.07, 6.45) is 4.15. The van der Waals surface area contributed by atoms with Crippen LogP contribution >= 0.6 is 0 Å². The average molecular weight is 244 g/mol. The van der Waals surface area contributed by atoms with Gasteiger partial charge in [0.1, 0.15) is 0 Å². The summed E-state index contributed by atoms with van der Waals surface area (Å²) in [5.41, 5.74) is 7.48. The van der Waals surface area contributed by atoms with E-state index >= 15 is 0 Å². The Kier molecular flexibility index (Phi) is 3.67. The van der Waals surface area contributed by atoms with Gasteiger partial charge in [-0.25, -0.2) is 0 Å². The predicted molar refractivity (Wildman–Crippen MR) is 71.1 cm³/mol. The maximum Gasteiger partial charge on any atom is 0.169 e. The monoisotopic (exact) mass is 244 g/mol. The number of hydrogen-bond donors (Lipinski definition) is 1. The molecule has 4 heteroatoms. The maximum atomic E-state index is 5.79. The van der Waals surface area contributed by atoms with E-state index < -0.39 is 0 Å². The number of hydrogen-bond acceptors (Lipinski definition) is 4. The van der Waals surface area contributed by atoms with Crippen LogP contribution in [0.4, 0.5) is 5.69 Å². The maximum absolute atomic E-state index is 5.79. The SMILES string of the molecule is CCc1ccc(Oc2ccncc2N)c(OC)c1. The fourth-order valence-corrected chi connectivity index (χ4v) is 1.62. The Morgan fingerprint density at radius 2 is 2.00 bits per heavy atom. The van der Waals surface area contributed by atoms with E-state index in [1.807, 2.05) is 18.2 Å². The largest absolute Gasteiger partial charge is 0.493 e. The second-order valence-electron chi connectivity index (χ2n) is 3.85. The van der Waals surface area contributed by atoms with E-state index in [1.165, 1.54) is 5.56 Å². The van der Waals surface area contributed by atoms with Crippen LogP contribution in [0.5, 0.6) is 17.2 Å². The zero-order valence-electron chi connectivity index (χ0n) is 10.5. The Morgan fingerprint density at radius 1 is 1.17 bits per heavy atom. The van der Waals surface area contributed by atoms with Gasteiger partial charge >= 0.3 is 0 Å². The van der Waals surface area contributed by atoms with Crippen LogP contribution in [0.25, 0.3) is 0 Å². The highest BCUT2D eigenvalue weighted by Crippen LogP contribution is 2.34. The molecule has 18 heavy (non-hydrogen) atoms. The third-order valence-electron chi connectivity index (χ3n) is 2.67. The Hall–Kier alpha value is -2.23. The summed E-state index contributed by atoms with van der Waals surface area (Å²) in [4.78, 5) is 3.92. The van der Waals surface area contributed by atoms with Crippen molar-refractivity contribution in [2.45, 2.75) is 13.3 Å². The lowest BCUT2D eigenvalue weighted by molar-refractivity contribution is 0.379. The molecule has 0 bridgehead atoms. The van der Waals surface area contributed by atoms with Crippen molar-refractivity contribution in [3.63, 3.8) is 0 Å². The molecule has 94 valence electrons. The summed E-state index contributed by atoms with van der Waals surface area (Å²) >= 11 is 0. The van der Waals surface area contributed by atoms with Gasteiger partial charge in [-0.3, -0.25) is 4.98 Å². The van der Waals surface area contributed by atoms with E-state index in [0.29, 0.717) is 22.9 Å². The zero-order chi connectivity index (χ0) is 13.0. The molecule has 1 aromatic heterocycles. The molecule has 0 saturated carbocycles. The lowest BCUT2D eigenvalue weighted by Crippen LogP contribution is -1.95. The predicted octanol–water partition coefficient (Wildman–Crippen LogP) is 3.03. The second-order valence-corrected chi connectivity index (χ2v) is 3.85. The smallest absolute Gasteiger partial charge is 0.169 e. The van der Waals surface area contributed by atoms with Crippen molar-refractivity contribution in [1.82, 2.24) is 4.98 Å². The fraction of sp³-hybridized carbons (Fsp3) is 0.214. The molecule has 0 unspecified atom stereocenters. The first-order valence-electron chi connectivity index (χ1n) is 5.79. The van der Waals surface area contributed by atoms with Gasteiger partial charge in [-0.2, -0.15) is 0 Å². The van der Waals surface area contributed by atoms with Crippen LogP contribution < -0.4 is 15.2 Å². The minimum Gasteiger partial charge on any atom is -0.493 e. The summed E-state index contributed by atoms with van der Waals surface area (Å²) in [6.45, 7) is 2.09. The molecule has 2 rings (SSSR count). The quantitative estimate of drug-likeness (QED) is 0.898. The van der Waals surface area contributed by atoms with Crippen LogP contribution in [0, 0.1) is 0 Å². The number of aryl methyl sites for hydroxylation is 1. The number of nitrogens with zero attached hydrogens (tertiary/aromatic N) is 1. The molecule has 0 amide bonds. The number of nitrogens with two attached hydrogens (primary N) is 1. The topological polar surface area (TPSA) is 57.4 Å². The summed E-state index contributed by atoms with van der Waals surface area (Å²) in [5, 5.41) is 0. The third kappa shape index (κ3) is 2.53. The Balaban J connectivity index is 2.32. The molecule has 0 aliphatic heterocycles. The van der Waals surface area contributed by atoms with Crippen molar-refractivity contribution < 1.29 is 9.47 Å². The number of methoxy groups -OCH3 is 1.